The molecule has 0 bridgehead atoms. The van der Waals surface area contributed by atoms with Gasteiger partial charge in [0.25, 0.3) is 15.9 Å². The molecule has 0 radical (unpaired) electrons. The lowest BCUT2D eigenvalue weighted by atomic mass is 10.1. The Morgan fingerprint density at radius 3 is 2.06 bits per heavy atom. The Morgan fingerprint density at radius 1 is 0.829 bits per heavy atom. The lowest BCUT2D eigenvalue weighted by Gasteiger charge is -2.10. The average molecular weight is 489 g/mol. The van der Waals surface area contributed by atoms with Gasteiger partial charge in [-0.15, -0.1) is 0 Å². The van der Waals surface area contributed by atoms with Crippen molar-refractivity contribution in [1.29, 1.82) is 0 Å². The number of ether oxygens (including phenoxy) is 1. The molecular formula is C26H24N4O4S. The standard InChI is InChI=1S/C26H24N4O4S/c1-18-16-19(2)28-26(27-18)30-35(32,33)24-14-10-22(11-15-24)29-25(31)17-34-23-12-8-21(9-13-23)20-6-4-3-5-7-20/h3-16H,17H2,1-2H3,(H,29,31)(H,27,28,30). The van der Waals surface area contributed by atoms with Gasteiger partial charge in [0.1, 0.15) is 5.75 Å². The van der Waals surface area contributed by atoms with Crippen LogP contribution in [-0.2, 0) is 14.8 Å². The minimum Gasteiger partial charge on any atom is -0.484 e. The van der Waals surface area contributed by atoms with E-state index in [1.165, 1.54) is 24.3 Å². The highest BCUT2D eigenvalue weighted by Crippen LogP contribution is 2.22. The Balaban J connectivity index is 1.32. The van der Waals surface area contributed by atoms with Gasteiger partial charge in [0.05, 0.1) is 4.90 Å². The zero-order valence-electron chi connectivity index (χ0n) is 19.2. The van der Waals surface area contributed by atoms with Crippen LogP contribution in [0.2, 0.25) is 0 Å². The maximum Gasteiger partial charge on any atom is 0.264 e. The quantitative estimate of drug-likeness (QED) is 0.376. The lowest BCUT2D eigenvalue weighted by Crippen LogP contribution is -2.20. The predicted octanol–water partition coefficient (Wildman–Crippen LogP) is 4.58. The third-order valence-corrected chi connectivity index (χ3v) is 6.33. The van der Waals surface area contributed by atoms with Crippen LogP contribution in [-0.4, -0.2) is 30.9 Å². The number of amides is 1. The zero-order chi connectivity index (χ0) is 24.8. The molecule has 35 heavy (non-hydrogen) atoms. The largest absolute Gasteiger partial charge is 0.484 e. The highest BCUT2D eigenvalue weighted by molar-refractivity contribution is 7.92. The number of aromatic nitrogens is 2. The number of carbonyl (C=O) groups excluding carboxylic acids is 1. The Bertz CT molecular complexity index is 1400. The number of hydrogen-bond acceptors (Lipinski definition) is 6. The zero-order valence-corrected chi connectivity index (χ0v) is 20.0. The van der Waals surface area contributed by atoms with Crippen molar-refractivity contribution < 1.29 is 17.9 Å². The van der Waals surface area contributed by atoms with Crippen molar-refractivity contribution >= 4 is 27.6 Å². The fraction of sp³-hybridized carbons (Fsp3) is 0.115. The van der Waals surface area contributed by atoms with Crippen LogP contribution in [0, 0.1) is 13.8 Å². The second-order valence-electron chi connectivity index (χ2n) is 7.83. The lowest BCUT2D eigenvalue weighted by molar-refractivity contribution is -0.118. The number of nitrogens with zero attached hydrogens (tertiary/aromatic N) is 2. The summed E-state index contributed by atoms with van der Waals surface area (Å²) in [5.74, 6) is 0.212. The predicted molar refractivity (Wildman–Crippen MR) is 135 cm³/mol. The van der Waals surface area contributed by atoms with Crippen molar-refractivity contribution in [3.8, 4) is 16.9 Å². The van der Waals surface area contributed by atoms with Gasteiger partial charge in [-0.1, -0.05) is 42.5 Å². The van der Waals surface area contributed by atoms with E-state index in [2.05, 4.69) is 20.0 Å². The summed E-state index contributed by atoms with van der Waals surface area (Å²) in [6, 6.07) is 25.0. The summed E-state index contributed by atoms with van der Waals surface area (Å²) in [7, 11) is -3.87. The molecule has 2 N–H and O–H groups in total. The van der Waals surface area contributed by atoms with Crippen LogP contribution in [0.25, 0.3) is 11.1 Å². The van der Waals surface area contributed by atoms with E-state index in [-0.39, 0.29) is 23.4 Å². The van der Waals surface area contributed by atoms with Crippen LogP contribution in [0.4, 0.5) is 11.6 Å². The monoisotopic (exact) mass is 488 g/mol. The second-order valence-corrected chi connectivity index (χ2v) is 9.51. The summed E-state index contributed by atoms with van der Waals surface area (Å²) in [5.41, 5.74) is 3.90. The SMILES string of the molecule is Cc1cc(C)nc(NS(=O)(=O)c2ccc(NC(=O)COc3ccc(-c4ccccc4)cc3)cc2)n1. The Kier molecular flexibility index (Phi) is 7.07. The van der Waals surface area contributed by atoms with E-state index in [1.54, 1.807) is 19.9 Å². The number of nitrogens with one attached hydrogen (secondary N) is 2. The molecule has 4 aromatic rings. The number of rotatable bonds is 8. The summed E-state index contributed by atoms with van der Waals surface area (Å²) in [6.45, 7) is 3.33. The Morgan fingerprint density at radius 2 is 1.43 bits per heavy atom. The molecule has 0 fully saturated rings. The van der Waals surface area contributed by atoms with Crippen LogP contribution >= 0.6 is 0 Å². The van der Waals surface area contributed by atoms with Gasteiger partial charge in [0.2, 0.25) is 5.95 Å². The number of aryl methyl sites for hydroxylation is 2. The molecule has 0 spiro atoms. The first-order valence-electron chi connectivity index (χ1n) is 10.8. The summed E-state index contributed by atoms with van der Waals surface area (Å²) in [4.78, 5) is 20.5. The minimum atomic E-state index is -3.87. The summed E-state index contributed by atoms with van der Waals surface area (Å²) < 4.78 is 33.2. The highest BCUT2D eigenvalue weighted by atomic mass is 32.2. The first kappa shape index (κ1) is 23.9. The number of carbonyl (C=O) groups is 1. The molecule has 0 aliphatic heterocycles. The van der Waals surface area contributed by atoms with Crippen molar-refractivity contribution in [2.24, 2.45) is 0 Å². The fourth-order valence-electron chi connectivity index (χ4n) is 3.39. The second kappa shape index (κ2) is 10.4. The molecule has 9 heteroatoms. The maximum atomic E-state index is 12.6. The minimum absolute atomic E-state index is 0.00818. The number of sulfonamides is 1. The van der Waals surface area contributed by atoms with E-state index in [1.807, 2.05) is 54.6 Å². The van der Waals surface area contributed by atoms with Crippen molar-refractivity contribution in [2.75, 3.05) is 16.6 Å². The molecule has 1 aromatic heterocycles. The molecule has 178 valence electrons. The van der Waals surface area contributed by atoms with Gasteiger partial charge < -0.3 is 10.1 Å². The first-order valence-corrected chi connectivity index (χ1v) is 12.3. The van der Waals surface area contributed by atoms with Gasteiger partial charge in [-0.05, 0) is 67.4 Å². The molecule has 3 aromatic carbocycles. The van der Waals surface area contributed by atoms with E-state index in [4.69, 9.17) is 4.74 Å². The van der Waals surface area contributed by atoms with Crippen molar-refractivity contribution in [1.82, 2.24) is 9.97 Å². The molecule has 0 saturated heterocycles. The van der Waals surface area contributed by atoms with E-state index < -0.39 is 10.0 Å². The molecule has 1 amide bonds. The van der Waals surface area contributed by atoms with Gasteiger partial charge in [-0.25, -0.2) is 23.1 Å². The number of hydrogen-bond donors (Lipinski definition) is 2. The molecule has 0 aliphatic carbocycles. The molecule has 1 heterocycles. The summed E-state index contributed by atoms with van der Waals surface area (Å²) >= 11 is 0. The molecule has 8 nitrogen and oxygen atoms in total. The van der Waals surface area contributed by atoms with Crippen LogP contribution < -0.4 is 14.8 Å². The van der Waals surface area contributed by atoms with Gasteiger partial charge in [0.15, 0.2) is 6.61 Å². The topological polar surface area (TPSA) is 110 Å². The van der Waals surface area contributed by atoms with Crippen molar-refractivity contribution in [3.05, 3.63) is 96.3 Å². The van der Waals surface area contributed by atoms with E-state index >= 15 is 0 Å². The summed E-state index contributed by atoms with van der Waals surface area (Å²) in [6.07, 6.45) is 0. The van der Waals surface area contributed by atoms with Crippen molar-refractivity contribution in [3.63, 3.8) is 0 Å². The van der Waals surface area contributed by atoms with Crippen LogP contribution in [0.5, 0.6) is 5.75 Å². The van der Waals surface area contributed by atoms with Crippen molar-refractivity contribution in [2.45, 2.75) is 18.7 Å². The molecular weight excluding hydrogens is 464 g/mol. The van der Waals surface area contributed by atoms with Gasteiger partial charge in [-0.2, -0.15) is 0 Å². The van der Waals surface area contributed by atoms with Gasteiger partial charge >= 0.3 is 0 Å². The van der Waals surface area contributed by atoms with E-state index in [0.717, 1.165) is 11.1 Å². The van der Waals surface area contributed by atoms with E-state index in [0.29, 0.717) is 22.8 Å². The molecule has 4 rings (SSSR count). The van der Waals surface area contributed by atoms with Gasteiger partial charge in [-0.3, -0.25) is 4.79 Å². The summed E-state index contributed by atoms with van der Waals surface area (Å²) in [5, 5.41) is 2.69. The Hall–Kier alpha value is -4.24. The fourth-order valence-corrected chi connectivity index (χ4v) is 4.33. The number of benzene rings is 3. The smallest absolute Gasteiger partial charge is 0.264 e. The van der Waals surface area contributed by atoms with E-state index in [9.17, 15) is 13.2 Å². The number of anilines is 2. The maximum absolute atomic E-state index is 12.6. The van der Waals surface area contributed by atoms with Crippen LogP contribution in [0.3, 0.4) is 0 Å². The molecule has 0 atom stereocenters. The van der Waals surface area contributed by atoms with Gasteiger partial charge in [0, 0.05) is 17.1 Å². The molecule has 0 aliphatic rings. The van der Waals surface area contributed by atoms with Crippen LogP contribution in [0.15, 0.2) is 89.8 Å². The molecule has 0 unspecified atom stereocenters. The highest BCUT2D eigenvalue weighted by Gasteiger charge is 2.16. The Labute approximate surface area is 204 Å². The normalized spacial score (nSPS) is 11.0. The average Bonchev–Trinajstić information content (AvgIpc) is 2.83. The van der Waals surface area contributed by atoms with Crippen LogP contribution in [0.1, 0.15) is 11.4 Å². The first-order chi connectivity index (χ1) is 16.8. The molecule has 0 saturated carbocycles. The third-order valence-electron chi connectivity index (χ3n) is 4.99. The third kappa shape index (κ3) is 6.42.